The summed E-state index contributed by atoms with van der Waals surface area (Å²) >= 11 is 0. The minimum atomic E-state index is -0.535. The molecule has 30 heavy (non-hydrogen) atoms. The van der Waals surface area contributed by atoms with Gasteiger partial charge in [0.1, 0.15) is 23.7 Å². The highest BCUT2D eigenvalue weighted by Gasteiger charge is 2.32. The fourth-order valence-corrected chi connectivity index (χ4v) is 3.81. The van der Waals surface area contributed by atoms with Gasteiger partial charge in [-0.05, 0) is 45.6 Å². The van der Waals surface area contributed by atoms with Gasteiger partial charge in [0, 0.05) is 11.1 Å². The number of esters is 2. The van der Waals surface area contributed by atoms with Gasteiger partial charge >= 0.3 is 11.9 Å². The van der Waals surface area contributed by atoms with E-state index in [1.807, 2.05) is 26.8 Å². The van der Waals surface area contributed by atoms with E-state index < -0.39 is 5.97 Å². The number of phenolic OH excluding ortho intramolecular Hbond substituents is 1. The van der Waals surface area contributed by atoms with E-state index in [0.717, 1.165) is 16.7 Å². The number of benzene rings is 1. The van der Waals surface area contributed by atoms with Crippen LogP contribution in [0.15, 0.2) is 23.3 Å². The molecule has 2 rings (SSSR count). The molecule has 1 aliphatic rings. The Hall–Kier alpha value is -2.80. The summed E-state index contributed by atoms with van der Waals surface area (Å²) in [5.41, 5.74) is 3.98. The Labute approximate surface area is 177 Å². The first kappa shape index (κ1) is 23.5. The lowest BCUT2D eigenvalue weighted by Gasteiger charge is -2.17. The molecule has 1 aromatic rings. The Morgan fingerprint density at radius 2 is 1.83 bits per heavy atom. The van der Waals surface area contributed by atoms with Crippen molar-refractivity contribution in [3.63, 3.8) is 0 Å². The van der Waals surface area contributed by atoms with Crippen molar-refractivity contribution in [3.8, 4) is 11.5 Å². The van der Waals surface area contributed by atoms with Gasteiger partial charge in [0.15, 0.2) is 0 Å². The van der Waals surface area contributed by atoms with Gasteiger partial charge in [-0.3, -0.25) is 4.79 Å². The number of aromatic hydroxyl groups is 1. The zero-order valence-electron chi connectivity index (χ0n) is 18.2. The van der Waals surface area contributed by atoms with E-state index in [1.165, 1.54) is 14.2 Å². The number of phenols is 1. The third kappa shape index (κ3) is 5.02. The number of carbonyl (C=O) groups excluding carboxylic acids is 2. The number of fused-ring (bicyclic) bond motifs is 1. The average molecular weight is 418 g/mol. The van der Waals surface area contributed by atoms with E-state index in [2.05, 4.69) is 0 Å². The molecule has 0 aliphatic carbocycles. The molecular formula is C23H30O7. The summed E-state index contributed by atoms with van der Waals surface area (Å²) in [7, 11) is 2.88. The number of hydrogen-bond acceptors (Lipinski definition) is 7. The van der Waals surface area contributed by atoms with Crippen LogP contribution in [0.2, 0.25) is 0 Å². The number of methoxy groups -OCH3 is 2. The van der Waals surface area contributed by atoms with Crippen molar-refractivity contribution < 1.29 is 34.0 Å². The zero-order chi connectivity index (χ0) is 22.4. The first-order valence-corrected chi connectivity index (χ1v) is 9.83. The van der Waals surface area contributed by atoms with Gasteiger partial charge < -0.3 is 24.4 Å². The molecule has 164 valence electrons. The topological polar surface area (TPSA) is 102 Å². The van der Waals surface area contributed by atoms with Crippen molar-refractivity contribution in [1.82, 2.24) is 0 Å². The van der Waals surface area contributed by atoms with Crippen LogP contribution in [-0.2, 0) is 27.3 Å². The molecule has 0 radical (unpaired) electrons. The lowest BCUT2D eigenvalue weighted by molar-refractivity contribution is -0.145. The predicted molar refractivity (Wildman–Crippen MR) is 112 cm³/mol. The lowest BCUT2D eigenvalue weighted by atomic mass is 9.91. The molecule has 0 aromatic heterocycles. The molecule has 0 saturated carbocycles. The van der Waals surface area contributed by atoms with E-state index in [-0.39, 0.29) is 36.4 Å². The number of hydrogen-bond donors (Lipinski definition) is 2. The highest BCUT2D eigenvalue weighted by molar-refractivity contribution is 5.98. The molecule has 1 atom stereocenters. The smallest absolute Gasteiger partial charge is 0.342 e. The van der Waals surface area contributed by atoms with Crippen LogP contribution in [0.25, 0.3) is 0 Å². The van der Waals surface area contributed by atoms with Crippen molar-refractivity contribution in [2.45, 2.75) is 46.6 Å². The Balaban J connectivity index is 2.28. The summed E-state index contributed by atoms with van der Waals surface area (Å²) in [6, 6.07) is 0. The van der Waals surface area contributed by atoms with E-state index in [1.54, 1.807) is 6.08 Å². The normalized spacial score (nSPS) is 14.9. The predicted octanol–water partition coefficient (Wildman–Crippen LogP) is 3.38. The standard InChI is InChI=1S/C23H30O7/c1-13(10-16(22(26)29-5)11-14(2)8-9-24)6-7-17-20(25)19-18(12-30-23(19)27)15(3)21(17)28-4/h6,8,16,24-25H,7,9-12H2,1-5H3/b13-6+,14-8+. The van der Waals surface area contributed by atoms with Crippen LogP contribution in [0.3, 0.4) is 0 Å². The van der Waals surface area contributed by atoms with E-state index in [4.69, 9.17) is 19.3 Å². The minimum absolute atomic E-state index is 0.0757. The molecule has 7 nitrogen and oxygen atoms in total. The van der Waals surface area contributed by atoms with Crippen LogP contribution < -0.4 is 4.74 Å². The first-order valence-electron chi connectivity index (χ1n) is 9.83. The third-order valence-corrected chi connectivity index (χ3v) is 5.41. The van der Waals surface area contributed by atoms with E-state index >= 15 is 0 Å². The molecule has 1 unspecified atom stereocenters. The van der Waals surface area contributed by atoms with Crippen LogP contribution >= 0.6 is 0 Å². The second kappa shape index (κ2) is 10.3. The molecular weight excluding hydrogens is 388 g/mol. The molecule has 0 saturated heterocycles. The number of allylic oxidation sites excluding steroid dienone is 3. The minimum Gasteiger partial charge on any atom is -0.507 e. The maximum absolute atomic E-state index is 12.2. The van der Waals surface area contributed by atoms with Crippen LogP contribution in [-0.4, -0.2) is 43.0 Å². The van der Waals surface area contributed by atoms with Crippen molar-refractivity contribution >= 4 is 11.9 Å². The molecule has 1 aromatic carbocycles. The Kier molecular flexibility index (Phi) is 8.06. The molecule has 0 spiro atoms. The zero-order valence-corrected chi connectivity index (χ0v) is 18.2. The number of rotatable bonds is 9. The molecule has 2 N–H and O–H groups in total. The highest BCUT2D eigenvalue weighted by Crippen LogP contribution is 2.42. The van der Waals surface area contributed by atoms with E-state index in [0.29, 0.717) is 36.1 Å². The van der Waals surface area contributed by atoms with Crippen molar-refractivity contribution in [1.29, 1.82) is 0 Å². The molecule has 0 amide bonds. The second-order valence-corrected chi connectivity index (χ2v) is 7.53. The Morgan fingerprint density at radius 3 is 2.40 bits per heavy atom. The van der Waals surface area contributed by atoms with Gasteiger partial charge in [0.25, 0.3) is 0 Å². The number of aliphatic hydroxyl groups is 1. The van der Waals surface area contributed by atoms with Crippen LogP contribution in [0, 0.1) is 12.8 Å². The summed E-state index contributed by atoms with van der Waals surface area (Å²) in [4.78, 5) is 24.2. The van der Waals surface area contributed by atoms with Crippen LogP contribution in [0.5, 0.6) is 11.5 Å². The molecule has 0 fully saturated rings. The first-order chi connectivity index (χ1) is 14.2. The molecule has 0 bridgehead atoms. The number of carbonyl (C=O) groups is 2. The molecule has 7 heteroatoms. The van der Waals surface area contributed by atoms with Gasteiger partial charge in [-0.1, -0.05) is 23.3 Å². The summed E-state index contributed by atoms with van der Waals surface area (Å²) in [6.45, 7) is 5.65. The van der Waals surface area contributed by atoms with Crippen molar-refractivity contribution in [2.24, 2.45) is 5.92 Å². The summed E-state index contributed by atoms with van der Waals surface area (Å²) in [6.07, 6.45) is 4.87. The monoisotopic (exact) mass is 418 g/mol. The lowest BCUT2D eigenvalue weighted by Crippen LogP contribution is -2.17. The molecule has 1 aliphatic heterocycles. The molecule has 1 heterocycles. The number of cyclic esters (lactones) is 1. The van der Waals surface area contributed by atoms with E-state index in [9.17, 15) is 14.7 Å². The summed E-state index contributed by atoms with van der Waals surface area (Å²) in [5, 5.41) is 19.7. The van der Waals surface area contributed by atoms with Crippen molar-refractivity contribution in [2.75, 3.05) is 20.8 Å². The SMILES string of the molecule is COC(=O)C(C/C(C)=C/CO)C/C(C)=C/Cc1c(O)c2c(c(C)c1OC)COC2=O. The van der Waals surface area contributed by atoms with Crippen LogP contribution in [0.1, 0.15) is 53.7 Å². The van der Waals surface area contributed by atoms with Gasteiger partial charge in [-0.25, -0.2) is 4.79 Å². The Bertz CT molecular complexity index is 880. The fourth-order valence-electron chi connectivity index (χ4n) is 3.81. The fraction of sp³-hybridized carbons (Fsp3) is 0.478. The largest absolute Gasteiger partial charge is 0.507 e. The number of ether oxygens (including phenoxy) is 3. The quantitative estimate of drug-likeness (QED) is 0.468. The average Bonchev–Trinajstić information content (AvgIpc) is 3.10. The summed E-state index contributed by atoms with van der Waals surface area (Å²) in [5.74, 6) is -0.816. The van der Waals surface area contributed by atoms with Crippen LogP contribution in [0.4, 0.5) is 0 Å². The van der Waals surface area contributed by atoms with Gasteiger partial charge in [-0.2, -0.15) is 0 Å². The maximum atomic E-state index is 12.2. The van der Waals surface area contributed by atoms with Gasteiger partial charge in [0.2, 0.25) is 0 Å². The van der Waals surface area contributed by atoms with Gasteiger partial charge in [0.05, 0.1) is 26.7 Å². The summed E-state index contributed by atoms with van der Waals surface area (Å²) < 4.78 is 15.5. The number of aliphatic hydroxyl groups excluding tert-OH is 1. The second-order valence-electron chi connectivity index (χ2n) is 7.53. The maximum Gasteiger partial charge on any atom is 0.342 e. The van der Waals surface area contributed by atoms with Gasteiger partial charge in [-0.15, -0.1) is 0 Å². The third-order valence-electron chi connectivity index (χ3n) is 5.41. The Morgan fingerprint density at radius 1 is 1.20 bits per heavy atom. The highest BCUT2D eigenvalue weighted by atomic mass is 16.5. The van der Waals surface area contributed by atoms with Crippen molar-refractivity contribution in [3.05, 3.63) is 45.6 Å².